The average molecular weight is 669 g/mol. The summed E-state index contributed by atoms with van der Waals surface area (Å²) in [5, 5.41) is 2.49. The van der Waals surface area contributed by atoms with Crippen molar-refractivity contribution in [1.82, 2.24) is 9.55 Å². The molecule has 0 amide bonds. The fourth-order valence-electron chi connectivity index (χ4n) is 8.74. The molecule has 2 aliphatic heterocycles. The zero-order valence-corrected chi connectivity index (χ0v) is 28.3. The summed E-state index contributed by atoms with van der Waals surface area (Å²) in [5.41, 5.74) is 11.5. The lowest BCUT2D eigenvalue weighted by molar-refractivity contribution is 0.399. The molecule has 0 saturated heterocycles. The molecule has 246 valence electrons. The smallest absolute Gasteiger partial charge is 0.132 e. The van der Waals surface area contributed by atoms with Crippen molar-refractivity contribution in [2.24, 2.45) is 0 Å². The fraction of sp³-hybridized carbons (Fsp3) is 0.0625. The highest BCUT2D eigenvalue weighted by atomic mass is 16.5. The molecule has 4 nitrogen and oxygen atoms in total. The fourth-order valence-corrected chi connectivity index (χ4v) is 8.74. The molecule has 0 radical (unpaired) electrons. The van der Waals surface area contributed by atoms with Gasteiger partial charge in [-0.2, -0.15) is 0 Å². The first kappa shape index (κ1) is 29.1. The second kappa shape index (κ2) is 11.2. The van der Waals surface area contributed by atoms with Crippen molar-refractivity contribution in [2.75, 3.05) is 0 Å². The number of nitrogens with zero attached hydrogens (tertiary/aromatic N) is 2. The monoisotopic (exact) mass is 668 g/mol. The zero-order valence-electron chi connectivity index (χ0n) is 28.3. The minimum atomic E-state index is -0.659. The summed E-state index contributed by atoms with van der Waals surface area (Å²) < 4.78 is 16.0. The number of para-hydroxylation sites is 3. The maximum Gasteiger partial charge on any atom is 0.132 e. The summed E-state index contributed by atoms with van der Waals surface area (Å²) in [6.07, 6.45) is 10.9. The Morgan fingerprint density at radius 3 is 1.87 bits per heavy atom. The Kier molecular flexibility index (Phi) is 6.26. The highest BCUT2D eigenvalue weighted by Crippen LogP contribution is 2.62. The molecule has 0 N–H and O–H groups in total. The van der Waals surface area contributed by atoms with Crippen molar-refractivity contribution in [3.63, 3.8) is 0 Å². The number of ether oxygens (including phenoxy) is 2. The Balaban J connectivity index is 1.14. The predicted molar refractivity (Wildman–Crippen MR) is 209 cm³/mol. The lowest BCUT2D eigenvalue weighted by Crippen LogP contribution is -2.36. The van der Waals surface area contributed by atoms with Gasteiger partial charge in [0.05, 0.1) is 22.1 Å². The van der Waals surface area contributed by atoms with Crippen LogP contribution in [-0.2, 0) is 5.41 Å². The van der Waals surface area contributed by atoms with Crippen LogP contribution in [0.2, 0.25) is 0 Å². The molecule has 0 bridgehead atoms. The summed E-state index contributed by atoms with van der Waals surface area (Å²) in [7, 11) is 0. The number of hydrogen-bond acceptors (Lipinski definition) is 3. The Morgan fingerprint density at radius 2 is 1.12 bits per heavy atom. The van der Waals surface area contributed by atoms with Crippen molar-refractivity contribution in [3.8, 4) is 45.4 Å². The Hall–Kier alpha value is -6.65. The number of hydrogen-bond donors (Lipinski definition) is 0. The molecule has 0 fully saturated rings. The van der Waals surface area contributed by atoms with Crippen LogP contribution < -0.4 is 9.47 Å². The molecule has 3 aliphatic rings. The van der Waals surface area contributed by atoms with E-state index in [1.807, 2.05) is 36.5 Å². The Labute approximate surface area is 301 Å². The van der Waals surface area contributed by atoms with E-state index < -0.39 is 5.41 Å². The maximum atomic E-state index is 7.01. The van der Waals surface area contributed by atoms with Crippen molar-refractivity contribution in [3.05, 3.63) is 192 Å². The van der Waals surface area contributed by atoms with Crippen LogP contribution in [0, 0.1) is 0 Å². The summed E-state index contributed by atoms with van der Waals surface area (Å²) in [6, 6.07) is 51.7. The van der Waals surface area contributed by atoms with E-state index in [1.165, 1.54) is 27.5 Å². The molecule has 4 heterocycles. The topological polar surface area (TPSA) is 36.3 Å². The number of rotatable bonds is 3. The number of allylic oxidation sites excluding steroid dienone is 4. The molecule has 52 heavy (non-hydrogen) atoms. The summed E-state index contributed by atoms with van der Waals surface area (Å²) in [4.78, 5) is 4.67. The quantitative estimate of drug-likeness (QED) is 0.188. The molecule has 0 unspecified atom stereocenters. The standard InChI is InChI=1S/C48H32N2O2/c1-2-12-34(13-3-1)50-42-18-7-4-14-35(42)36-28-31(23-26-43(36)50)32-21-24-39-46(29-32)52-47-30-33(41-17-10-11-27-49-41)22-25-40(47)48(39)37-15-5-8-19-44(37)51-45-20-9-6-16-38(45)48/h2,4-30H,1,3H2. The Morgan fingerprint density at radius 1 is 0.500 bits per heavy atom. The van der Waals surface area contributed by atoms with Gasteiger partial charge in [-0.3, -0.25) is 4.98 Å². The van der Waals surface area contributed by atoms with E-state index in [4.69, 9.17) is 9.47 Å². The molecule has 6 aromatic carbocycles. The molecular formula is C48H32N2O2. The summed E-state index contributed by atoms with van der Waals surface area (Å²) in [6.45, 7) is 0. The van der Waals surface area contributed by atoms with Gasteiger partial charge >= 0.3 is 0 Å². The van der Waals surface area contributed by atoms with Gasteiger partial charge in [0.2, 0.25) is 0 Å². The van der Waals surface area contributed by atoms with E-state index in [9.17, 15) is 0 Å². The molecule has 1 spiro atoms. The largest absolute Gasteiger partial charge is 0.457 e. The summed E-state index contributed by atoms with van der Waals surface area (Å²) >= 11 is 0. The van der Waals surface area contributed by atoms with Gasteiger partial charge in [0.15, 0.2) is 0 Å². The van der Waals surface area contributed by atoms with Gasteiger partial charge in [0.25, 0.3) is 0 Å². The highest BCUT2D eigenvalue weighted by Gasteiger charge is 2.50. The van der Waals surface area contributed by atoms with Gasteiger partial charge < -0.3 is 14.0 Å². The number of aromatic nitrogens is 2. The molecule has 2 aromatic heterocycles. The van der Waals surface area contributed by atoms with Gasteiger partial charge in [0.1, 0.15) is 23.0 Å². The van der Waals surface area contributed by atoms with Crippen molar-refractivity contribution >= 4 is 27.5 Å². The first-order valence-electron chi connectivity index (χ1n) is 17.9. The van der Waals surface area contributed by atoms with Crippen molar-refractivity contribution < 1.29 is 9.47 Å². The second-order valence-corrected chi connectivity index (χ2v) is 13.8. The van der Waals surface area contributed by atoms with Gasteiger partial charge in [-0.1, -0.05) is 103 Å². The number of benzene rings is 6. The maximum absolute atomic E-state index is 7.01. The minimum absolute atomic E-state index is 0.659. The molecule has 11 rings (SSSR count). The van der Waals surface area contributed by atoms with E-state index in [0.717, 1.165) is 80.5 Å². The van der Waals surface area contributed by atoms with Crippen LogP contribution in [0.4, 0.5) is 0 Å². The van der Waals surface area contributed by atoms with Crippen LogP contribution in [0.5, 0.6) is 23.0 Å². The van der Waals surface area contributed by atoms with E-state index in [2.05, 4.69) is 143 Å². The molecular weight excluding hydrogens is 637 g/mol. The van der Waals surface area contributed by atoms with Crippen LogP contribution >= 0.6 is 0 Å². The Bertz CT molecular complexity index is 2760. The molecule has 0 atom stereocenters. The van der Waals surface area contributed by atoms with Crippen LogP contribution in [0.3, 0.4) is 0 Å². The summed E-state index contributed by atoms with van der Waals surface area (Å²) in [5.74, 6) is 3.34. The van der Waals surface area contributed by atoms with E-state index in [-0.39, 0.29) is 0 Å². The normalized spacial score (nSPS) is 14.9. The third-order valence-corrected chi connectivity index (χ3v) is 11.0. The zero-order chi connectivity index (χ0) is 34.2. The van der Waals surface area contributed by atoms with E-state index in [1.54, 1.807) is 0 Å². The first-order chi connectivity index (χ1) is 25.8. The van der Waals surface area contributed by atoms with Gasteiger partial charge in [-0.05, 0) is 84.6 Å². The number of pyridine rings is 1. The third-order valence-electron chi connectivity index (χ3n) is 11.0. The van der Waals surface area contributed by atoms with Crippen molar-refractivity contribution in [2.45, 2.75) is 18.3 Å². The van der Waals surface area contributed by atoms with Crippen LogP contribution in [0.1, 0.15) is 35.1 Å². The van der Waals surface area contributed by atoms with Crippen LogP contribution in [0.15, 0.2) is 170 Å². The van der Waals surface area contributed by atoms with Crippen LogP contribution in [0.25, 0.3) is 49.9 Å². The van der Waals surface area contributed by atoms with E-state index in [0.29, 0.717) is 0 Å². The lowest BCUT2D eigenvalue weighted by Gasteiger charge is -2.45. The number of fused-ring (bicyclic) bond motifs is 11. The molecule has 1 aliphatic carbocycles. The second-order valence-electron chi connectivity index (χ2n) is 13.8. The first-order valence-corrected chi connectivity index (χ1v) is 17.9. The SMILES string of the molecule is C1=CC(n2c3ccccc3c3cc(-c4ccc5c(c4)Oc4cc(-c6ccccn6)ccc4C54c5ccccc5Oc5ccccc54)ccc32)=CCC1. The molecule has 4 heteroatoms. The predicted octanol–water partition coefficient (Wildman–Crippen LogP) is 12.3. The highest BCUT2D eigenvalue weighted by molar-refractivity contribution is 6.11. The van der Waals surface area contributed by atoms with Crippen molar-refractivity contribution in [1.29, 1.82) is 0 Å². The van der Waals surface area contributed by atoms with E-state index >= 15 is 0 Å². The average Bonchev–Trinajstić information content (AvgIpc) is 3.55. The third kappa shape index (κ3) is 4.12. The van der Waals surface area contributed by atoms with Gasteiger partial charge in [-0.25, -0.2) is 0 Å². The van der Waals surface area contributed by atoms with Crippen LogP contribution in [-0.4, -0.2) is 9.55 Å². The van der Waals surface area contributed by atoms with Gasteiger partial charge in [0, 0.05) is 50.5 Å². The minimum Gasteiger partial charge on any atom is -0.457 e. The lowest BCUT2D eigenvalue weighted by atomic mass is 9.62. The molecule has 8 aromatic rings. The molecule has 0 saturated carbocycles. The van der Waals surface area contributed by atoms with Gasteiger partial charge in [-0.15, -0.1) is 0 Å².